The van der Waals surface area contributed by atoms with E-state index >= 15 is 0 Å². The van der Waals surface area contributed by atoms with Crippen molar-refractivity contribution in [2.75, 3.05) is 0 Å². The van der Waals surface area contributed by atoms with Crippen molar-refractivity contribution in [2.45, 2.75) is 13.8 Å². The van der Waals surface area contributed by atoms with Gasteiger partial charge in [-0.3, -0.25) is 0 Å². The molecule has 0 fully saturated rings. The molecule has 1 heteroatoms. The molecule has 0 aromatic carbocycles. The largest absolute Gasteiger partial charge is 0.341 e. The van der Waals surface area contributed by atoms with E-state index in [4.69, 9.17) is 0 Å². The molecular formula is C4H9Zr-. The summed E-state index contributed by atoms with van der Waals surface area (Å²) in [6.45, 7) is 7.75. The fraction of sp³-hybridized carbons (Fsp3) is 0.750. The van der Waals surface area contributed by atoms with Crippen LogP contribution in [0.3, 0.4) is 0 Å². The van der Waals surface area contributed by atoms with Gasteiger partial charge in [-0.1, -0.05) is 13.8 Å². The minimum absolute atomic E-state index is 0. The fourth-order valence-electron chi connectivity index (χ4n) is 0. The summed E-state index contributed by atoms with van der Waals surface area (Å²) in [6, 6.07) is 0. The van der Waals surface area contributed by atoms with Crippen LogP contribution in [0.4, 0.5) is 0 Å². The number of hydrogen-bond donors (Lipinski definition) is 0. The van der Waals surface area contributed by atoms with E-state index in [0.717, 1.165) is 0 Å². The molecule has 0 aromatic rings. The van der Waals surface area contributed by atoms with Gasteiger partial charge in [-0.2, -0.15) is 5.92 Å². The molecular weight excluding hydrogens is 139 g/mol. The summed E-state index contributed by atoms with van der Waals surface area (Å²) in [5, 5.41) is 0. The van der Waals surface area contributed by atoms with Crippen LogP contribution in [0.2, 0.25) is 0 Å². The molecule has 0 rings (SSSR count). The zero-order valence-electron chi connectivity index (χ0n) is 3.78. The van der Waals surface area contributed by atoms with E-state index in [1.165, 1.54) is 0 Å². The molecule has 0 saturated carbocycles. The first kappa shape index (κ1) is 9.30. The Morgan fingerprint density at radius 1 is 1.40 bits per heavy atom. The Hall–Kier alpha value is 0.883. The molecule has 0 unspecified atom stereocenters. The van der Waals surface area contributed by atoms with Crippen molar-refractivity contribution >= 4 is 0 Å². The van der Waals surface area contributed by atoms with Crippen molar-refractivity contribution in [1.29, 1.82) is 0 Å². The molecule has 0 aliphatic carbocycles. The van der Waals surface area contributed by atoms with Crippen molar-refractivity contribution in [3.8, 4) is 0 Å². The summed E-state index contributed by atoms with van der Waals surface area (Å²) in [5.41, 5.74) is 0. The van der Waals surface area contributed by atoms with Gasteiger partial charge in [-0.05, 0) is 0 Å². The molecule has 0 nitrogen and oxygen atoms in total. The van der Waals surface area contributed by atoms with Crippen LogP contribution in [-0.4, -0.2) is 0 Å². The summed E-state index contributed by atoms with van der Waals surface area (Å²) in [4.78, 5) is 0. The van der Waals surface area contributed by atoms with E-state index in [1.807, 2.05) is 0 Å². The monoisotopic (exact) mass is 147 g/mol. The van der Waals surface area contributed by atoms with Crippen LogP contribution in [0.1, 0.15) is 13.8 Å². The van der Waals surface area contributed by atoms with Gasteiger partial charge in [0.05, 0.1) is 0 Å². The SMILES string of the molecule is [CH2-]C(C)C.[Zr]. The molecule has 0 saturated heterocycles. The standard InChI is InChI=1S/C4H9.Zr/c1-4(2)3;/h4H,1H2,2-3H3;/q-1;. The van der Waals surface area contributed by atoms with Crippen LogP contribution in [0.15, 0.2) is 0 Å². The van der Waals surface area contributed by atoms with Gasteiger partial charge in [-0.15, -0.1) is 0 Å². The van der Waals surface area contributed by atoms with E-state index in [9.17, 15) is 0 Å². The van der Waals surface area contributed by atoms with Crippen molar-refractivity contribution < 1.29 is 26.2 Å². The maximum absolute atomic E-state index is 3.64. The molecule has 0 aliphatic rings. The van der Waals surface area contributed by atoms with Crippen LogP contribution in [0, 0.1) is 12.8 Å². The predicted octanol–water partition coefficient (Wildman–Crippen LogP) is 1.47. The van der Waals surface area contributed by atoms with Crippen molar-refractivity contribution in [3.63, 3.8) is 0 Å². The molecule has 0 N–H and O–H groups in total. The van der Waals surface area contributed by atoms with E-state index in [2.05, 4.69) is 20.8 Å². The summed E-state index contributed by atoms with van der Waals surface area (Å²) in [5.74, 6) is 0.583. The third-order valence-corrected chi connectivity index (χ3v) is 0. The molecule has 0 aromatic heterocycles. The zero-order chi connectivity index (χ0) is 3.58. The molecule has 0 radical (unpaired) electrons. The predicted molar refractivity (Wildman–Crippen MR) is 20.2 cm³/mol. The Morgan fingerprint density at radius 2 is 1.40 bits per heavy atom. The molecule has 5 heavy (non-hydrogen) atoms. The summed E-state index contributed by atoms with van der Waals surface area (Å²) in [6.07, 6.45) is 0. The average Bonchev–Trinajstić information content (AvgIpc) is 0.811. The first-order valence-corrected chi connectivity index (χ1v) is 1.56. The van der Waals surface area contributed by atoms with Crippen molar-refractivity contribution in [3.05, 3.63) is 6.92 Å². The fourth-order valence-corrected chi connectivity index (χ4v) is 0. The minimum atomic E-state index is 0. The third-order valence-electron chi connectivity index (χ3n) is 0. The smallest absolute Gasteiger partial charge is 0 e. The zero-order valence-corrected chi connectivity index (χ0v) is 6.24. The summed E-state index contributed by atoms with van der Waals surface area (Å²) < 4.78 is 0. The summed E-state index contributed by atoms with van der Waals surface area (Å²) in [7, 11) is 0. The molecule has 0 heterocycles. The first-order chi connectivity index (χ1) is 1.73. The molecule has 0 atom stereocenters. The Labute approximate surface area is 53.1 Å². The molecule has 0 bridgehead atoms. The van der Waals surface area contributed by atoms with Gasteiger partial charge in [0.1, 0.15) is 0 Å². The van der Waals surface area contributed by atoms with Crippen LogP contribution in [-0.2, 0) is 26.2 Å². The first-order valence-electron chi connectivity index (χ1n) is 1.56. The van der Waals surface area contributed by atoms with Crippen LogP contribution in [0.25, 0.3) is 0 Å². The van der Waals surface area contributed by atoms with Gasteiger partial charge in [0.2, 0.25) is 0 Å². The van der Waals surface area contributed by atoms with Crippen LogP contribution in [0.5, 0.6) is 0 Å². The van der Waals surface area contributed by atoms with Crippen LogP contribution >= 0.6 is 0 Å². The molecule has 30 valence electrons. The van der Waals surface area contributed by atoms with Gasteiger partial charge < -0.3 is 6.92 Å². The normalized spacial score (nSPS) is 7.20. The Kier molecular flexibility index (Phi) is 9.09. The quantitative estimate of drug-likeness (QED) is 0.456. The second-order valence-electron chi connectivity index (χ2n) is 1.39. The van der Waals surface area contributed by atoms with E-state index in [-0.39, 0.29) is 26.2 Å². The van der Waals surface area contributed by atoms with Crippen molar-refractivity contribution in [1.82, 2.24) is 0 Å². The van der Waals surface area contributed by atoms with E-state index < -0.39 is 0 Å². The maximum atomic E-state index is 3.64. The second kappa shape index (κ2) is 4.88. The minimum Gasteiger partial charge on any atom is -0.341 e. The topological polar surface area (TPSA) is 0 Å². The van der Waals surface area contributed by atoms with E-state index in [0.29, 0.717) is 5.92 Å². The van der Waals surface area contributed by atoms with E-state index in [1.54, 1.807) is 0 Å². The number of hydrogen-bond acceptors (Lipinski definition) is 0. The molecule has 0 spiro atoms. The second-order valence-corrected chi connectivity index (χ2v) is 1.39. The van der Waals surface area contributed by atoms with Crippen molar-refractivity contribution in [2.24, 2.45) is 5.92 Å². The maximum Gasteiger partial charge on any atom is 0 e. The van der Waals surface area contributed by atoms with Gasteiger partial charge >= 0.3 is 0 Å². The Morgan fingerprint density at radius 3 is 1.40 bits per heavy atom. The van der Waals surface area contributed by atoms with Gasteiger partial charge in [0.25, 0.3) is 0 Å². The van der Waals surface area contributed by atoms with Gasteiger partial charge in [0.15, 0.2) is 0 Å². The average molecular weight is 148 g/mol. The molecule has 0 amide bonds. The Bertz CT molecular complexity index is 8.36. The van der Waals surface area contributed by atoms with Gasteiger partial charge in [-0.25, -0.2) is 0 Å². The number of rotatable bonds is 0. The van der Waals surface area contributed by atoms with Gasteiger partial charge in [0, 0.05) is 26.2 Å². The summed E-state index contributed by atoms with van der Waals surface area (Å²) >= 11 is 0. The Balaban J connectivity index is 0. The third kappa shape index (κ3) is 52.0. The molecule has 0 aliphatic heterocycles. The van der Waals surface area contributed by atoms with Crippen LogP contribution < -0.4 is 0 Å².